The number of hydrogen-bond donors (Lipinski definition) is 4. The van der Waals surface area contributed by atoms with Crippen LogP contribution in [0.3, 0.4) is 0 Å². The molecule has 1 aromatic rings. The van der Waals surface area contributed by atoms with E-state index < -0.39 is 16.1 Å². The lowest BCUT2D eigenvalue weighted by Gasteiger charge is -2.28. The molecule has 2 rings (SSSR count). The third kappa shape index (κ3) is 5.92. The van der Waals surface area contributed by atoms with Gasteiger partial charge in [-0.15, -0.1) is 11.3 Å². The number of carboxylic acid groups (broad SMARTS) is 1. The fraction of sp³-hybridized carbons (Fsp3) is 0.667. The quantitative estimate of drug-likeness (QED) is 0.546. The number of thiazole rings is 1. The van der Waals surface area contributed by atoms with Gasteiger partial charge in [0.05, 0.1) is 5.01 Å². The van der Waals surface area contributed by atoms with Gasteiger partial charge in [0.25, 0.3) is 10.0 Å². The van der Waals surface area contributed by atoms with Gasteiger partial charge in [-0.05, 0) is 44.4 Å². The monoisotopic (exact) mass is 404 g/mol. The molecule has 146 valence electrons. The van der Waals surface area contributed by atoms with E-state index in [1.165, 1.54) is 6.92 Å². The Morgan fingerprint density at radius 2 is 1.77 bits per heavy atom. The maximum absolute atomic E-state index is 12.6. The lowest BCUT2D eigenvalue weighted by molar-refractivity contribution is -0.114. The summed E-state index contributed by atoms with van der Waals surface area (Å²) >= 11 is 1.02. The largest absolute Gasteiger partial charge is 0.465 e. The first-order valence-corrected chi connectivity index (χ1v) is 10.7. The lowest BCUT2D eigenvalue weighted by Crippen LogP contribution is -2.34. The number of aryl methyl sites for hydroxylation is 1. The Kier molecular flexibility index (Phi) is 6.95. The molecule has 26 heavy (non-hydrogen) atoms. The summed E-state index contributed by atoms with van der Waals surface area (Å²) in [7, 11) is -3.75. The number of anilines is 1. The molecule has 2 amide bonds. The van der Waals surface area contributed by atoms with E-state index in [-0.39, 0.29) is 21.9 Å². The standard InChI is InChI=1S/C15H24N4O5S2/c1-9(20)18-13-14(25-10(2)19-13)26(23,24)17-8-12-5-3-11(4-6-12)7-16-15(21)22/h11-12,16-17H,3-8H2,1-2H3,(H,18,20)(H,21,22). The van der Waals surface area contributed by atoms with Gasteiger partial charge in [-0.1, -0.05) is 0 Å². The Balaban J connectivity index is 1.89. The van der Waals surface area contributed by atoms with Crippen LogP contribution in [0, 0.1) is 18.8 Å². The van der Waals surface area contributed by atoms with Crippen molar-refractivity contribution in [1.82, 2.24) is 15.0 Å². The second kappa shape index (κ2) is 8.78. The fourth-order valence-corrected chi connectivity index (χ4v) is 5.51. The molecule has 1 saturated carbocycles. The molecule has 0 bridgehead atoms. The first kappa shape index (κ1) is 20.6. The van der Waals surface area contributed by atoms with Gasteiger partial charge >= 0.3 is 6.09 Å². The minimum atomic E-state index is -3.75. The van der Waals surface area contributed by atoms with E-state index >= 15 is 0 Å². The molecule has 0 unspecified atom stereocenters. The zero-order valence-electron chi connectivity index (χ0n) is 14.7. The van der Waals surface area contributed by atoms with Crippen molar-refractivity contribution >= 4 is 39.2 Å². The van der Waals surface area contributed by atoms with Crippen LogP contribution in [0.2, 0.25) is 0 Å². The Bertz CT molecular complexity index is 754. The zero-order chi connectivity index (χ0) is 19.3. The average molecular weight is 405 g/mol. The Labute approximate surface area is 156 Å². The van der Waals surface area contributed by atoms with Gasteiger partial charge in [-0.3, -0.25) is 4.79 Å². The second-order valence-corrected chi connectivity index (χ2v) is 9.64. The van der Waals surface area contributed by atoms with Gasteiger partial charge in [0, 0.05) is 20.0 Å². The number of carbonyl (C=O) groups is 2. The topological polar surface area (TPSA) is 137 Å². The smallest absolute Gasteiger partial charge is 0.404 e. The number of amides is 2. The number of nitrogens with zero attached hydrogens (tertiary/aromatic N) is 1. The molecular formula is C15H24N4O5S2. The predicted molar refractivity (Wildman–Crippen MR) is 97.8 cm³/mol. The van der Waals surface area contributed by atoms with Crippen molar-refractivity contribution in [2.45, 2.75) is 43.7 Å². The summed E-state index contributed by atoms with van der Waals surface area (Å²) in [6.45, 7) is 3.74. The number of hydrogen-bond acceptors (Lipinski definition) is 6. The molecule has 0 saturated heterocycles. The van der Waals surface area contributed by atoms with E-state index in [4.69, 9.17) is 5.11 Å². The maximum Gasteiger partial charge on any atom is 0.404 e. The molecule has 0 radical (unpaired) electrons. The highest BCUT2D eigenvalue weighted by molar-refractivity contribution is 7.91. The average Bonchev–Trinajstić information content (AvgIpc) is 2.92. The SMILES string of the molecule is CC(=O)Nc1nc(C)sc1S(=O)(=O)NCC1CCC(CNC(=O)O)CC1. The molecule has 1 aliphatic rings. The normalized spacial score (nSPS) is 20.5. The first-order chi connectivity index (χ1) is 12.2. The van der Waals surface area contributed by atoms with Crippen LogP contribution in [-0.4, -0.2) is 43.6 Å². The van der Waals surface area contributed by atoms with E-state index in [1.54, 1.807) is 6.92 Å². The third-order valence-corrected chi connectivity index (χ3v) is 7.21. The molecule has 11 heteroatoms. The van der Waals surface area contributed by atoms with Crippen molar-refractivity contribution < 1.29 is 23.1 Å². The summed E-state index contributed by atoms with van der Waals surface area (Å²) in [5, 5.41) is 14.0. The number of carbonyl (C=O) groups excluding carboxylic acids is 1. The Hall–Kier alpha value is -1.72. The summed E-state index contributed by atoms with van der Waals surface area (Å²) in [4.78, 5) is 25.8. The van der Waals surface area contributed by atoms with Gasteiger partial charge in [-0.2, -0.15) is 0 Å². The minimum absolute atomic E-state index is 0.0181. The van der Waals surface area contributed by atoms with Gasteiger partial charge in [0.1, 0.15) is 0 Å². The summed E-state index contributed by atoms with van der Waals surface area (Å²) < 4.78 is 27.8. The van der Waals surface area contributed by atoms with Crippen molar-refractivity contribution in [3.8, 4) is 0 Å². The van der Waals surface area contributed by atoms with Crippen LogP contribution < -0.4 is 15.4 Å². The first-order valence-electron chi connectivity index (χ1n) is 8.39. The molecule has 0 spiro atoms. The second-order valence-electron chi connectivity index (χ2n) is 6.47. The van der Waals surface area contributed by atoms with E-state index in [0.717, 1.165) is 37.0 Å². The van der Waals surface area contributed by atoms with Crippen molar-refractivity contribution in [3.63, 3.8) is 0 Å². The predicted octanol–water partition coefficient (Wildman–Crippen LogP) is 1.76. The van der Waals surface area contributed by atoms with Gasteiger partial charge < -0.3 is 15.7 Å². The molecular weight excluding hydrogens is 380 g/mol. The molecule has 0 aliphatic heterocycles. The van der Waals surface area contributed by atoms with E-state index in [2.05, 4.69) is 20.3 Å². The number of sulfonamides is 1. The van der Waals surface area contributed by atoms with E-state index in [1.807, 2.05) is 0 Å². The van der Waals surface area contributed by atoms with Crippen molar-refractivity contribution in [2.75, 3.05) is 18.4 Å². The molecule has 1 heterocycles. The number of rotatable bonds is 7. The minimum Gasteiger partial charge on any atom is -0.465 e. The van der Waals surface area contributed by atoms with Gasteiger partial charge in [0.2, 0.25) is 5.91 Å². The molecule has 4 N–H and O–H groups in total. The number of aromatic nitrogens is 1. The van der Waals surface area contributed by atoms with Crippen LogP contribution in [0.25, 0.3) is 0 Å². The van der Waals surface area contributed by atoms with Crippen molar-refractivity contribution in [2.24, 2.45) is 11.8 Å². The summed E-state index contributed by atoms with van der Waals surface area (Å²) in [6, 6.07) is 0. The summed E-state index contributed by atoms with van der Waals surface area (Å²) in [5.74, 6) is 0.203. The summed E-state index contributed by atoms with van der Waals surface area (Å²) in [5.41, 5.74) is 0. The highest BCUT2D eigenvalue weighted by Crippen LogP contribution is 2.30. The van der Waals surface area contributed by atoms with Crippen LogP contribution in [0.4, 0.5) is 10.6 Å². The molecule has 1 fully saturated rings. The molecule has 1 aromatic heterocycles. The fourth-order valence-electron chi connectivity index (χ4n) is 3.00. The highest BCUT2D eigenvalue weighted by atomic mass is 32.2. The van der Waals surface area contributed by atoms with Crippen LogP contribution in [0.15, 0.2) is 4.21 Å². The molecule has 1 aliphatic carbocycles. The van der Waals surface area contributed by atoms with Crippen LogP contribution in [-0.2, 0) is 14.8 Å². The van der Waals surface area contributed by atoms with Crippen LogP contribution in [0.1, 0.15) is 37.6 Å². The van der Waals surface area contributed by atoms with E-state index in [0.29, 0.717) is 24.0 Å². The summed E-state index contributed by atoms with van der Waals surface area (Å²) in [6.07, 6.45) is 2.39. The molecule has 0 aromatic carbocycles. The van der Waals surface area contributed by atoms with Crippen molar-refractivity contribution in [1.29, 1.82) is 0 Å². The lowest BCUT2D eigenvalue weighted by atomic mass is 9.82. The van der Waals surface area contributed by atoms with E-state index in [9.17, 15) is 18.0 Å². The maximum atomic E-state index is 12.6. The van der Waals surface area contributed by atoms with Crippen molar-refractivity contribution in [3.05, 3.63) is 5.01 Å². The Morgan fingerprint density at radius 1 is 1.19 bits per heavy atom. The number of nitrogens with one attached hydrogen (secondary N) is 3. The van der Waals surface area contributed by atoms with Crippen LogP contribution in [0.5, 0.6) is 0 Å². The van der Waals surface area contributed by atoms with Gasteiger partial charge in [-0.25, -0.2) is 22.9 Å². The molecule has 0 atom stereocenters. The zero-order valence-corrected chi connectivity index (χ0v) is 16.4. The highest BCUT2D eigenvalue weighted by Gasteiger charge is 2.27. The third-order valence-electron chi connectivity index (χ3n) is 4.31. The van der Waals surface area contributed by atoms with Gasteiger partial charge in [0.15, 0.2) is 10.0 Å². The Morgan fingerprint density at radius 3 is 2.31 bits per heavy atom. The van der Waals surface area contributed by atoms with Crippen LogP contribution >= 0.6 is 11.3 Å². The molecule has 9 nitrogen and oxygen atoms in total.